The largest absolute Gasteiger partial charge is 0.504 e. The molecule has 0 bridgehead atoms. The fraction of sp³-hybridized carbons (Fsp3) is 0.412. The molecule has 1 aliphatic rings. The summed E-state index contributed by atoms with van der Waals surface area (Å²) in [6, 6.07) is 4.40. The predicted octanol–water partition coefficient (Wildman–Crippen LogP) is 1.77. The first-order valence-corrected chi connectivity index (χ1v) is 8.28. The number of phenols is 1. The molecule has 1 unspecified atom stereocenters. The fourth-order valence-corrected chi connectivity index (χ4v) is 2.76. The van der Waals surface area contributed by atoms with Crippen LogP contribution in [0.4, 0.5) is 0 Å². The summed E-state index contributed by atoms with van der Waals surface area (Å²) in [5, 5.41) is 16.3. The van der Waals surface area contributed by atoms with Crippen LogP contribution in [0.5, 0.6) is 11.5 Å². The molecule has 0 radical (unpaired) electrons. The Balaban J connectivity index is 2.35. The summed E-state index contributed by atoms with van der Waals surface area (Å²) >= 11 is 5.21. The number of esters is 1. The molecule has 0 amide bonds. The van der Waals surface area contributed by atoms with Gasteiger partial charge in [0.25, 0.3) is 0 Å². The van der Waals surface area contributed by atoms with E-state index in [2.05, 4.69) is 10.6 Å². The molecule has 3 N–H and O–H groups in total. The lowest BCUT2D eigenvalue weighted by atomic mass is 9.95. The molecule has 0 aliphatic carbocycles. The molecule has 7 nitrogen and oxygen atoms in total. The average Bonchev–Trinajstić information content (AvgIpc) is 2.56. The fourth-order valence-electron chi connectivity index (χ4n) is 2.49. The van der Waals surface area contributed by atoms with E-state index in [4.69, 9.17) is 26.4 Å². The third kappa shape index (κ3) is 4.61. The van der Waals surface area contributed by atoms with Gasteiger partial charge in [-0.2, -0.15) is 0 Å². The van der Waals surface area contributed by atoms with E-state index in [1.54, 1.807) is 19.1 Å². The number of rotatable bonds is 7. The molecule has 0 saturated carbocycles. The number of benzene rings is 1. The van der Waals surface area contributed by atoms with Crippen molar-refractivity contribution in [2.45, 2.75) is 19.9 Å². The highest BCUT2D eigenvalue weighted by Crippen LogP contribution is 2.34. The zero-order valence-corrected chi connectivity index (χ0v) is 15.2. The van der Waals surface area contributed by atoms with Crippen molar-refractivity contribution in [3.8, 4) is 11.5 Å². The third-order valence-corrected chi connectivity index (χ3v) is 3.85. The van der Waals surface area contributed by atoms with E-state index in [0.29, 0.717) is 35.3 Å². The number of phenolic OH excluding ortho intramolecular Hbond substituents is 1. The number of hydrogen-bond acceptors (Lipinski definition) is 6. The molecule has 2 rings (SSSR count). The average molecular weight is 366 g/mol. The second-order valence-corrected chi connectivity index (χ2v) is 5.77. The maximum atomic E-state index is 12.5. The van der Waals surface area contributed by atoms with Crippen molar-refractivity contribution in [2.24, 2.45) is 0 Å². The van der Waals surface area contributed by atoms with Crippen LogP contribution in [0, 0.1) is 0 Å². The molecule has 8 heteroatoms. The van der Waals surface area contributed by atoms with Crippen molar-refractivity contribution in [2.75, 3.05) is 26.9 Å². The highest BCUT2D eigenvalue weighted by Gasteiger charge is 2.31. The van der Waals surface area contributed by atoms with Crippen LogP contribution in [-0.2, 0) is 14.3 Å². The molecule has 0 saturated heterocycles. The van der Waals surface area contributed by atoms with Crippen molar-refractivity contribution in [3.05, 3.63) is 35.0 Å². The molecule has 1 aromatic rings. The summed E-state index contributed by atoms with van der Waals surface area (Å²) in [6.45, 7) is 4.47. The molecule has 1 aliphatic heterocycles. The van der Waals surface area contributed by atoms with Crippen LogP contribution in [0.3, 0.4) is 0 Å². The lowest BCUT2D eigenvalue weighted by Gasteiger charge is -2.30. The maximum Gasteiger partial charge on any atom is 0.338 e. The van der Waals surface area contributed by atoms with E-state index in [9.17, 15) is 9.90 Å². The van der Waals surface area contributed by atoms with Gasteiger partial charge in [-0.25, -0.2) is 4.79 Å². The first-order chi connectivity index (χ1) is 12.0. The number of hydrogen-bond donors (Lipinski definition) is 3. The van der Waals surface area contributed by atoms with Crippen LogP contribution < -0.4 is 15.4 Å². The summed E-state index contributed by atoms with van der Waals surface area (Å²) in [4.78, 5) is 12.5. The molecule has 0 spiro atoms. The van der Waals surface area contributed by atoms with Crippen LogP contribution in [0.2, 0.25) is 0 Å². The van der Waals surface area contributed by atoms with Gasteiger partial charge < -0.3 is 30.0 Å². The predicted molar refractivity (Wildman–Crippen MR) is 96.4 cm³/mol. The second-order valence-electron chi connectivity index (χ2n) is 5.36. The maximum absolute atomic E-state index is 12.5. The number of thiocarbonyl (C=S) groups is 1. The molecule has 0 fully saturated rings. The van der Waals surface area contributed by atoms with E-state index >= 15 is 0 Å². The molecule has 1 heterocycles. The summed E-state index contributed by atoms with van der Waals surface area (Å²) < 4.78 is 15.6. The number of methoxy groups -OCH3 is 1. The minimum Gasteiger partial charge on any atom is -0.504 e. The van der Waals surface area contributed by atoms with Crippen molar-refractivity contribution in [3.63, 3.8) is 0 Å². The summed E-state index contributed by atoms with van der Waals surface area (Å²) in [5.74, 6) is -0.0869. The van der Waals surface area contributed by atoms with Crippen LogP contribution in [0.1, 0.15) is 25.5 Å². The van der Waals surface area contributed by atoms with Crippen LogP contribution in [0.25, 0.3) is 0 Å². The summed E-state index contributed by atoms with van der Waals surface area (Å²) in [6.07, 6.45) is 0. The van der Waals surface area contributed by atoms with Crippen molar-refractivity contribution in [1.82, 2.24) is 10.6 Å². The molecule has 136 valence electrons. The van der Waals surface area contributed by atoms with Crippen molar-refractivity contribution >= 4 is 23.3 Å². The Morgan fingerprint density at radius 2 is 2.12 bits per heavy atom. The topological polar surface area (TPSA) is 89.1 Å². The molecule has 1 atom stereocenters. The number of carbonyl (C=O) groups excluding carboxylic acids is 1. The van der Waals surface area contributed by atoms with Gasteiger partial charge in [0, 0.05) is 12.8 Å². The third-order valence-electron chi connectivity index (χ3n) is 3.63. The Morgan fingerprint density at radius 3 is 2.80 bits per heavy atom. The minimum atomic E-state index is -0.511. The molecular weight excluding hydrogens is 344 g/mol. The van der Waals surface area contributed by atoms with Crippen LogP contribution in [0.15, 0.2) is 29.5 Å². The van der Waals surface area contributed by atoms with E-state index in [0.717, 1.165) is 5.56 Å². The standard InChI is InChI=1S/C17H22N2O5S/c1-4-23-13-9-11(5-6-12(13)20)15-14(10(2)18-17(25)19-15)16(21)24-8-7-22-3/h5-6,9,15,20H,4,7-8H2,1-3H3,(H2,18,19,25). The van der Waals surface area contributed by atoms with Gasteiger partial charge in [-0.15, -0.1) is 0 Å². The Morgan fingerprint density at radius 1 is 1.36 bits per heavy atom. The number of nitrogens with one attached hydrogen (secondary N) is 2. The lowest BCUT2D eigenvalue weighted by Crippen LogP contribution is -2.45. The Bertz CT molecular complexity index is 690. The molecule has 0 aromatic heterocycles. The highest BCUT2D eigenvalue weighted by atomic mass is 32.1. The zero-order chi connectivity index (χ0) is 18.4. The Labute approximate surface area is 152 Å². The summed E-state index contributed by atoms with van der Waals surface area (Å²) in [7, 11) is 1.54. The minimum absolute atomic E-state index is 0.0343. The summed E-state index contributed by atoms with van der Waals surface area (Å²) in [5.41, 5.74) is 1.75. The van der Waals surface area contributed by atoms with E-state index in [1.165, 1.54) is 13.2 Å². The number of allylic oxidation sites excluding steroid dienone is 1. The smallest absolute Gasteiger partial charge is 0.338 e. The molecule has 1 aromatic carbocycles. The molecular formula is C17H22N2O5S. The quantitative estimate of drug-likeness (QED) is 0.382. The van der Waals surface area contributed by atoms with Crippen molar-refractivity contribution < 1.29 is 24.1 Å². The highest BCUT2D eigenvalue weighted by molar-refractivity contribution is 7.80. The van der Waals surface area contributed by atoms with Crippen LogP contribution >= 0.6 is 12.2 Å². The van der Waals surface area contributed by atoms with Crippen molar-refractivity contribution in [1.29, 1.82) is 0 Å². The van der Waals surface area contributed by atoms with Gasteiger partial charge in [0.05, 0.1) is 24.8 Å². The normalized spacial score (nSPS) is 16.9. The van der Waals surface area contributed by atoms with Gasteiger partial charge in [0.1, 0.15) is 6.61 Å². The number of aromatic hydroxyl groups is 1. The first kappa shape index (κ1) is 19.0. The zero-order valence-electron chi connectivity index (χ0n) is 14.4. The lowest BCUT2D eigenvalue weighted by molar-refractivity contribution is -0.140. The SMILES string of the molecule is CCOc1cc(C2NC(=S)NC(C)=C2C(=O)OCCOC)ccc1O. The van der Waals surface area contributed by atoms with E-state index in [1.807, 2.05) is 6.92 Å². The Kier molecular flexibility index (Phi) is 6.60. The van der Waals surface area contributed by atoms with Gasteiger partial charge in [-0.1, -0.05) is 6.07 Å². The first-order valence-electron chi connectivity index (χ1n) is 7.88. The number of ether oxygens (including phenoxy) is 3. The van der Waals surface area contributed by atoms with Gasteiger partial charge in [0.2, 0.25) is 0 Å². The van der Waals surface area contributed by atoms with E-state index in [-0.39, 0.29) is 12.4 Å². The Hall–Kier alpha value is -2.32. The molecule has 25 heavy (non-hydrogen) atoms. The number of carbonyl (C=O) groups is 1. The van der Waals surface area contributed by atoms with Gasteiger partial charge in [-0.3, -0.25) is 0 Å². The second kappa shape index (κ2) is 8.68. The van der Waals surface area contributed by atoms with Gasteiger partial charge in [-0.05, 0) is 43.8 Å². The van der Waals surface area contributed by atoms with Crippen LogP contribution in [-0.4, -0.2) is 43.1 Å². The van der Waals surface area contributed by atoms with Gasteiger partial charge >= 0.3 is 5.97 Å². The monoisotopic (exact) mass is 366 g/mol. The van der Waals surface area contributed by atoms with Gasteiger partial charge in [0.15, 0.2) is 16.6 Å². The van der Waals surface area contributed by atoms with E-state index < -0.39 is 12.0 Å².